The van der Waals surface area contributed by atoms with Crippen LogP contribution in [0.2, 0.25) is 0 Å². The first-order valence-electron chi connectivity index (χ1n) is 7.71. The number of carbonyl (C=O) groups is 4. The maximum atomic E-state index is 12.5. The number of amides is 3. The summed E-state index contributed by atoms with van der Waals surface area (Å²) >= 11 is 0. The van der Waals surface area contributed by atoms with Crippen LogP contribution in [-0.4, -0.2) is 34.4 Å². The third kappa shape index (κ3) is 3.02. The van der Waals surface area contributed by atoms with Crippen molar-refractivity contribution >= 4 is 23.5 Å². The molecular weight excluding hydrogens is 296 g/mol. The van der Waals surface area contributed by atoms with Crippen LogP contribution in [0.25, 0.3) is 0 Å². The molecule has 2 heterocycles. The number of aryl methyl sites for hydroxylation is 1. The number of carbonyl (C=O) groups excluding carboxylic acids is 4. The molecule has 0 bridgehead atoms. The summed E-state index contributed by atoms with van der Waals surface area (Å²) in [5.41, 5.74) is 2.49. The summed E-state index contributed by atoms with van der Waals surface area (Å²) < 4.78 is 0. The van der Waals surface area contributed by atoms with Gasteiger partial charge in [0.1, 0.15) is 11.8 Å². The molecule has 6 nitrogen and oxygen atoms in total. The second kappa shape index (κ2) is 5.95. The van der Waals surface area contributed by atoms with Crippen LogP contribution in [0.5, 0.6) is 0 Å². The molecule has 0 spiro atoms. The topological polar surface area (TPSA) is 83.6 Å². The van der Waals surface area contributed by atoms with Crippen LogP contribution >= 0.6 is 0 Å². The van der Waals surface area contributed by atoms with Gasteiger partial charge in [-0.3, -0.25) is 19.7 Å². The van der Waals surface area contributed by atoms with E-state index in [1.54, 1.807) is 13.0 Å². The molecule has 1 saturated heterocycles. The number of nitrogens with zero attached hydrogens (tertiary/aromatic N) is 1. The Morgan fingerprint density at radius 1 is 1.30 bits per heavy atom. The summed E-state index contributed by atoms with van der Waals surface area (Å²) in [7, 11) is 0. The van der Waals surface area contributed by atoms with E-state index in [9.17, 15) is 19.2 Å². The number of benzene rings is 1. The maximum Gasteiger partial charge on any atom is 0.255 e. The van der Waals surface area contributed by atoms with Crippen molar-refractivity contribution in [2.75, 3.05) is 0 Å². The van der Waals surface area contributed by atoms with Gasteiger partial charge in [0.2, 0.25) is 11.8 Å². The smallest absolute Gasteiger partial charge is 0.255 e. The first-order valence-corrected chi connectivity index (χ1v) is 7.71. The molecule has 0 aromatic heterocycles. The van der Waals surface area contributed by atoms with Crippen molar-refractivity contribution in [2.24, 2.45) is 0 Å². The second-order valence-electron chi connectivity index (χ2n) is 6.09. The highest BCUT2D eigenvalue weighted by atomic mass is 16.2. The minimum atomic E-state index is -0.590. The van der Waals surface area contributed by atoms with Gasteiger partial charge >= 0.3 is 0 Å². The molecule has 0 aliphatic carbocycles. The van der Waals surface area contributed by atoms with Gasteiger partial charge in [0.25, 0.3) is 5.91 Å². The van der Waals surface area contributed by atoms with Gasteiger partial charge in [0.15, 0.2) is 0 Å². The van der Waals surface area contributed by atoms with Gasteiger partial charge in [0.05, 0.1) is 0 Å². The molecule has 0 radical (unpaired) electrons. The van der Waals surface area contributed by atoms with E-state index in [4.69, 9.17) is 0 Å². The Balaban J connectivity index is 1.77. The fourth-order valence-electron chi connectivity index (χ4n) is 3.10. The summed E-state index contributed by atoms with van der Waals surface area (Å²) in [6, 6.07) is 4.96. The minimum Gasteiger partial charge on any atom is -0.322 e. The third-order valence-electron chi connectivity index (χ3n) is 4.35. The predicted molar refractivity (Wildman–Crippen MR) is 81.5 cm³/mol. The van der Waals surface area contributed by atoms with Crippen molar-refractivity contribution in [3.63, 3.8) is 0 Å². The molecule has 23 heavy (non-hydrogen) atoms. The fourth-order valence-corrected chi connectivity index (χ4v) is 3.10. The number of fused-ring (bicyclic) bond motifs is 1. The van der Waals surface area contributed by atoms with E-state index in [-0.39, 0.29) is 24.0 Å². The van der Waals surface area contributed by atoms with E-state index >= 15 is 0 Å². The van der Waals surface area contributed by atoms with Crippen molar-refractivity contribution in [3.8, 4) is 0 Å². The summed E-state index contributed by atoms with van der Waals surface area (Å²) in [4.78, 5) is 48.3. The lowest BCUT2D eigenvalue weighted by molar-refractivity contribution is -0.137. The lowest BCUT2D eigenvalue weighted by Crippen LogP contribution is -2.52. The fraction of sp³-hybridized carbons (Fsp3) is 0.412. The molecule has 3 amide bonds. The molecule has 6 heteroatoms. The molecule has 3 rings (SSSR count). The standard InChI is InChI=1S/C17H18N2O4/c1-10(20)2-3-11-4-5-13-12(8-11)9-19(17(13)23)14-6-7-15(21)18-16(14)22/h4-5,8,14H,2-3,6-7,9H2,1H3,(H,18,21,22). The predicted octanol–water partition coefficient (Wildman–Crippen LogP) is 0.969. The normalized spacial score (nSPS) is 20.5. The quantitative estimate of drug-likeness (QED) is 0.839. The Kier molecular flexibility index (Phi) is 3.98. The first kappa shape index (κ1) is 15.4. The van der Waals surface area contributed by atoms with Crippen LogP contribution in [-0.2, 0) is 27.3 Å². The molecule has 1 unspecified atom stereocenters. The molecule has 0 saturated carbocycles. The van der Waals surface area contributed by atoms with Crippen LogP contribution in [0.3, 0.4) is 0 Å². The van der Waals surface area contributed by atoms with E-state index in [0.717, 1.165) is 11.1 Å². The summed E-state index contributed by atoms with van der Waals surface area (Å²) in [6.07, 6.45) is 1.74. The van der Waals surface area contributed by atoms with Crippen molar-refractivity contribution in [1.29, 1.82) is 0 Å². The van der Waals surface area contributed by atoms with E-state index in [0.29, 0.717) is 31.4 Å². The number of hydrogen-bond acceptors (Lipinski definition) is 4. The number of piperidine rings is 1. The van der Waals surface area contributed by atoms with Crippen LogP contribution in [0, 0.1) is 0 Å². The van der Waals surface area contributed by atoms with Crippen LogP contribution in [0.4, 0.5) is 0 Å². The Hall–Kier alpha value is -2.50. The largest absolute Gasteiger partial charge is 0.322 e. The van der Waals surface area contributed by atoms with Gasteiger partial charge in [-0.25, -0.2) is 0 Å². The average Bonchev–Trinajstić information content (AvgIpc) is 2.82. The maximum absolute atomic E-state index is 12.5. The highest BCUT2D eigenvalue weighted by Gasteiger charge is 2.38. The highest BCUT2D eigenvalue weighted by Crippen LogP contribution is 2.28. The molecule has 2 aliphatic heterocycles. The summed E-state index contributed by atoms with van der Waals surface area (Å²) in [6.45, 7) is 1.93. The van der Waals surface area contributed by atoms with Gasteiger partial charge < -0.3 is 9.69 Å². The average molecular weight is 314 g/mol. The number of Topliss-reactive ketones (excluding diaryl/α,β-unsaturated/α-hetero) is 1. The Bertz CT molecular complexity index is 711. The van der Waals surface area contributed by atoms with Gasteiger partial charge in [-0.1, -0.05) is 12.1 Å². The Morgan fingerprint density at radius 2 is 2.09 bits per heavy atom. The third-order valence-corrected chi connectivity index (χ3v) is 4.35. The highest BCUT2D eigenvalue weighted by molar-refractivity contribution is 6.05. The SMILES string of the molecule is CC(=O)CCc1ccc2c(c1)CN(C1CCC(=O)NC1=O)C2=O. The van der Waals surface area contributed by atoms with Crippen molar-refractivity contribution in [1.82, 2.24) is 10.2 Å². The number of hydrogen-bond donors (Lipinski definition) is 1. The molecule has 120 valence electrons. The molecular formula is C17H18N2O4. The van der Waals surface area contributed by atoms with Gasteiger partial charge in [-0.15, -0.1) is 0 Å². The van der Waals surface area contributed by atoms with Gasteiger partial charge in [-0.2, -0.15) is 0 Å². The number of rotatable bonds is 4. The lowest BCUT2D eigenvalue weighted by Gasteiger charge is -2.29. The zero-order chi connectivity index (χ0) is 16.6. The molecule has 1 aromatic carbocycles. The van der Waals surface area contributed by atoms with E-state index in [1.807, 2.05) is 12.1 Å². The Morgan fingerprint density at radius 3 is 2.78 bits per heavy atom. The van der Waals surface area contributed by atoms with Crippen molar-refractivity contribution in [2.45, 2.75) is 45.2 Å². The number of imide groups is 1. The van der Waals surface area contributed by atoms with E-state index < -0.39 is 11.9 Å². The summed E-state index contributed by atoms with van der Waals surface area (Å²) in [5, 5.41) is 2.29. The van der Waals surface area contributed by atoms with Crippen molar-refractivity contribution < 1.29 is 19.2 Å². The monoisotopic (exact) mass is 314 g/mol. The van der Waals surface area contributed by atoms with E-state index in [2.05, 4.69) is 5.32 Å². The number of ketones is 1. The summed E-state index contributed by atoms with van der Waals surface area (Å²) in [5.74, 6) is -0.736. The zero-order valence-electron chi connectivity index (χ0n) is 12.9. The molecule has 1 atom stereocenters. The molecule has 2 aliphatic rings. The molecule has 1 N–H and O–H groups in total. The van der Waals surface area contributed by atoms with Gasteiger partial charge in [0, 0.05) is 24.9 Å². The molecule has 1 aromatic rings. The Labute approximate surface area is 133 Å². The van der Waals surface area contributed by atoms with Gasteiger partial charge in [-0.05, 0) is 37.0 Å². The van der Waals surface area contributed by atoms with Crippen LogP contribution in [0.15, 0.2) is 18.2 Å². The zero-order valence-corrected chi connectivity index (χ0v) is 12.9. The van der Waals surface area contributed by atoms with Crippen molar-refractivity contribution in [3.05, 3.63) is 34.9 Å². The lowest BCUT2D eigenvalue weighted by atomic mass is 10.0. The second-order valence-corrected chi connectivity index (χ2v) is 6.09. The van der Waals surface area contributed by atoms with Crippen LogP contribution in [0.1, 0.15) is 47.7 Å². The van der Waals surface area contributed by atoms with Crippen LogP contribution < -0.4 is 5.32 Å². The number of nitrogens with one attached hydrogen (secondary N) is 1. The van der Waals surface area contributed by atoms with E-state index in [1.165, 1.54) is 4.90 Å². The molecule has 1 fully saturated rings. The minimum absolute atomic E-state index is 0.131. The first-order chi connectivity index (χ1) is 11.0.